The van der Waals surface area contributed by atoms with E-state index in [1.165, 1.54) is 25.3 Å². The average Bonchev–Trinajstić information content (AvgIpc) is 2.47. The van der Waals surface area contributed by atoms with Gasteiger partial charge in [0.1, 0.15) is 18.1 Å². The molecule has 0 fully saturated rings. The molecule has 0 saturated carbocycles. The number of methoxy groups -OCH3 is 1. The van der Waals surface area contributed by atoms with Crippen LogP contribution in [0.3, 0.4) is 0 Å². The summed E-state index contributed by atoms with van der Waals surface area (Å²) in [7, 11) is 1.46. The predicted octanol–water partition coefficient (Wildman–Crippen LogP) is 2.47. The van der Waals surface area contributed by atoms with E-state index in [-0.39, 0.29) is 23.9 Å². The summed E-state index contributed by atoms with van der Waals surface area (Å²) < 4.78 is 10.5. The van der Waals surface area contributed by atoms with Crippen LogP contribution in [-0.2, 0) is 0 Å². The first kappa shape index (κ1) is 13.3. The first-order valence-electron chi connectivity index (χ1n) is 6.47. The molecule has 5 heteroatoms. The Labute approximate surface area is 121 Å². The van der Waals surface area contributed by atoms with Gasteiger partial charge in [0.05, 0.1) is 18.6 Å². The largest absolute Gasteiger partial charge is 0.508 e. The Morgan fingerprint density at radius 2 is 2.00 bits per heavy atom. The van der Waals surface area contributed by atoms with Gasteiger partial charge in [-0.3, -0.25) is 4.79 Å². The second kappa shape index (κ2) is 5.01. The third-order valence-electron chi connectivity index (χ3n) is 3.56. The van der Waals surface area contributed by atoms with Crippen LogP contribution in [0.2, 0.25) is 0 Å². The van der Waals surface area contributed by atoms with Gasteiger partial charge in [-0.15, -0.1) is 0 Å². The molecule has 1 aliphatic heterocycles. The van der Waals surface area contributed by atoms with Crippen LogP contribution in [0, 0.1) is 0 Å². The summed E-state index contributed by atoms with van der Waals surface area (Å²) in [4.78, 5) is 12.5. The van der Waals surface area contributed by atoms with E-state index in [1.54, 1.807) is 18.2 Å². The van der Waals surface area contributed by atoms with Crippen molar-refractivity contribution < 1.29 is 24.5 Å². The number of aromatic hydroxyl groups is 2. The molecule has 108 valence electrons. The number of Topliss-reactive ketones (excluding diaryl/α,β-unsaturated/α-hetero) is 1. The Morgan fingerprint density at radius 1 is 1.19 bits per heavy atom. The quantitative estimate of drug-likeness (QED) is 0.887. The summed E-state index contributed by atoms with van der Waals surface area (Å²) in [5, 5.41) is 19.2. The van der Waals surface area contributed by atoms with Gasteiger partial charge in [-0.25, -0.2) is 0 Å². The fourth-order valence-corrected chi connectivity index (χ4v) is 2.44. The van der Waals surface area contributed by atoms with Crippen molar-refractivity contribution in [2.45, 2.75) is 5.92 Å². The predicted molar refractivity (Wildman–Crippen MR) is 75.3 cm³/mol. The molecule has 0 radical (unpaired) electrons. The number of phenols is 2. The smallest absolute Gasteiger partial charge is 0.177 e. The van der Waals surface area contributed by atoms with E-state index in [0.29, 0.717) is 22.6 Å². The topological polar surface area (TPSA) is 76.0 Å². The number of carbonyl (C=O) groups is 1. The van der Waals surface area contributed by atoms with Gasteiger partial charge in [0.15, 0.2) is 17.3 Å². The summed E-state index contributed by atoms with van der Waals surface area (Å²) >= 11 is 0. The maximum atomic E-state index is 12.5. The molecule has 3 rings (SSSR count). The van der Waals surface area contributed by atoms with Crippen molar-refractivity contribution in [1.82, 2.24) is 0 Å². The summed E-state index contributed by atoms with van der Waals surface area (Å²) in [5.74, 6) is 0.197. The monoisotopic (exact) mass is 286 g/mol. The third kappa shape index (κ3) is 2.27. The van der Waals surface area contributed by atoms with Crippen molar-refractivity contribution >= 4 is 5.78 Å². The molecule has 5 nitrogen and oxygen atoms in total. The summed E-state index contributed by atoms with van der Waals surface area (Å²) in [5.41, 5.74) is 1.09. The standard InChI is InChI=1S/C16H14O5/c1-20-14-5-2-9(6-13(14)18)12-8-21-15-7-10(17)3-4-11(15)16(12)19/h2-7,12,17-18H,8H2,1H3/t12-/m0/s1. The fraction of sp³-hybridized carbons (Fsp3) is 0.188. The number of hydrogen-bond acceptors (Lipinski definition) is 5. The lowest BCUT2D eigenvalue weighted by atomic mass is 9.89. The van der Waals surface area contributed by atoms with Crippen LogP contribution < -0.4 is 9.47 Å². The highest BCUT2D eigenvalue weighted by Crippen LogP contribution is 2.37. The zero-order valence-corrected chi connectivity index (χ0v) is 11.4. The van der Waals surface area contributed by atoms with E-state index in [9.17, 15) is 15.0 Å². The highest BCUT2D eigenvalue weighted by Gasteiger charge is 2.30. The van der Waals surface area contributed by atoms with Gasteiger partial charge in [0, 0.05) is 6.07 Å². The Morgan fingerprint density at radius 3 is 2.71 bits per heavy atom. The SMILES string of the molecule is COc1ccc([C@@H]2COc3cc(O)ccc3C2=O)cc1O. The van der Waals surface area contributed by atoms with Crippen molar-refractivity contribution in [2.75, 3.05) is 13.7 Å². The van der Waals surface area contributed by atoms with Gasteiger partial charge in [0.2, 0.25) is 0 Å². The van der Waals surface area contributed by atoms with Crippen LogP contribution in [0.5, 0.6) is 23.0 Å². The normalized spacial score (nSPS) is 17.0. The van der Waals surface area contributed by atoms with Crippen LogP contribution in [0.1, 0.15) is 21.8 Å². The minimum absolute atomic E-state index is 0.0145. The molecule has 0 aromatic heterocycles. The number of rotatable bonds is 2. The summed E-state index contributed by atoms with van der Waals surface area (Å²) in [6.45, 7) is 0.168. The van der Waals surface area contributed by atoms with E-state index in [0.717, 1.165) is 0 Å². The van der Waals surface area contributed by atoms with E-state index >= 15 is 0 Å². The van der Waals surface area contributed by atoms with Gasteiger partial charge in [-0.05, 0) is 29.8 Å². The molecule has 0 bridgehead atoms. The molecule has 2 aromatic carbocycles. The van der Waals surface area contributed by atoms with Gasteiger partial charge in [-0.1, -0.05) is 6.07 Å². The molecule has 2 aromatic rings. The number of fused-ring (bicyclic) bond motifs is 1. The molecule has 21 heavy (non-hydrogen) atoms. The first-order chi connectivity index (χ1) is 10.1. The molecule has 0 unspecified atom stereocenters. The minimum atomic E-state index is -0.487. The van der Waals surface area contributed by atoms with Gasteiger partial charge in [0.25, 0.3) is 0 Å². The molecule has 0 aliphatic carbocycles. The van der Waals surface area contributed by atoms with Crippen molar-refractivity contribution in [3.8, 4) is 23.0 Å². The van der Waals surface area contributed by atoms with Gasteiger partial charge in [-0.2, -0.15) is 0 Å². The van der Waals surface area contributed by atoms with E-state index < -0.39 is 5.92 Å². The van der Waals surface area contributed by atoms with Crippen LogP contribution >= 0.6 is 0 Å². The Balaban J connectivity index is 1.96. The van der Waals surface area contributed by atoms with Crippen LogP contribution in [0.15, 0.2) is 36.4 Å². The molecular weight excluding hydrogens is 272 g/mol. The zero-order valence-electron chi connectivity index (χ0n) is 11.4. The molecule has 0 spiro atoms. The molecule has 1 heterocycles. The Bertz CT molecular complexity index is 708. The van der Waals surface area contributed by atoms with Crippen molar-refractivity contribution in [1.29, 1.82) is 0 Å². The van der Waals surface area contributed by atoms with E-state index in [4.69, 9.17) is 9.47 Å². The zero-order chi connectivity index (χ0) is 15.0. The highest BCUT2D eigenvalue weighted by atomic mass is 16.5. The van der Waals surface area contributed by atoms with Crippen LogP contribution in [-0.4, -0.2) is 29.7 Å². The molecular formula is C16H14O5. The van der Waals surface area contributed by atoms with Crippen molar-refractivity contribution in [2.24, 2.45) is 0 Å². The second-order valence-electron chi connectivity index (χ2n) is 4.84. The summed E-state index contributed by atoms with van der Waals surface area (Å²) in [6, 6.07) is 9.28. The number of ether oxygens (including phenoxy) is 2. The van der Waals surface area contributed by atoms with Crippen LogP contribution in [0.25, 0.3) is 0 Å². The minimum Gasteiger partial charge on any atom is -0.508 e. The number of hydrogen-bond donors (Lipinski definition) is 2. The fourth-order valence-electron chi connectivity index (χ4n) is 2.44. The number of carbonyl (C=O) groups excluding carboxylic acids is 1. The summed E-state index contributed by atoms with van der Waals surface area (Å²) in [6.07, 6.45) is 0. The van der Waals surface area contributed by atoms with Crippen molar-refractivity contribution in [3.05, 3.63) is 47.5 Å². The van der Waals surface area contributed by atoms with E-state index in [1.807, 2.05) is 0 Å². The molecule has 1 aliphatic rings. The lowest BCUT2D eigenvalue weighted by molar-refractivity contribution is 0.0896. The maximum absolute atomic E-state index is 12.5. The van der Waals surface area contributed by atoms with Crippen LogP contribution in [0.4, 0.5) is 0 Å². The van der Waals surface area contributed by atoms with E-state index in [2.05, 4.69) is 0 Å². The maximum Gasteiger partial charge on any atom is 0.177 e. The van der Waals surface area contributed by atoms with Crippen molar-refractivity contribution in [3.63, 3.8) is 0 Å². The number of phenolic OH excluding ortho intramolecular Hbond substituents is 2. The third-order valence-corrected chi connectivity index (χ3v) is 3.56. The molecule has 1 atom stereocenters. The second-order valence-corrected chi connectivity index (χ2v) is 4.84. The average molecular weight is 286 g/mol. The lowest BCUT2D eigenvalue weighted by Gasteiger charge is -2.24. The Kier molecular flexibility index (Phi) is 3.17. The van der Waals surface area contributed by atoms with Gasteiger partial charge < -0.3 is 19.7 Å². The first-order valence-corrected chi connectivity index (χ1v) is 6.47. The lowest BCUT2D eigenvalue weighted by Crippen LogP contribution is -2.25. The van der Waals surface area contributed by atoms with Gasteiger partial charge >= 0.3 is 0 Å². The highest BCUT2D eigenvalue weighted by molar-refractivity contribution is 6.04. The molecule has 0 amide bonds. The Hall–Kier alpha value is -2.69. The molecule has 2 N–H and O–H groups in total. The molecule has 0 saturated heterocycles. The number of benzene rings is 2. The number of ketones is 1.